The maximum absolute atomic E-state index is 13.0. The van der Waals surface area contributed by atoms with E-state index in [1.807, 2.05) is 24.3 Å². The molecule has 20 heavy (non-hydrogen) atoms. The van der Waals surface area contributed by atoms with Crippen molar-refractivity contribution < 1.29 is 9.53 Å². The van der Waals surface area contributed by atoms with Crippen molar-refractivity contribution in [2.45, 2.75) is 12.8 Å². The first-order valence-corrected chi connectivity index (χ1v) is 6.92. The molecule has 1 fully saturated rings. The van der Waals surface area contributed by atoms with Crippen molar-refractivity contribution >= 4 is 16.6 Å². The third kappa shape index (κ3) is 2.11. The summed E-state index contributed by atoms with van der Waals surface area (Å²) in [4.78, 5) is 17.2. The summed E-state index contributed by atoms with van der Waals surface area (Å²) in [6.45, 7) is 1.56. The van der Waals surface area contributed by atoms with Gasteiger partial charge in [-0.15, -0.1) is 0 Å². The van der Waals surface area contributed by atoms with E-state index in [1.165, 1.54) is 0 Å². The van der Waals surface area contributed by atoms with Crippen molar-refractivity contribution in [1.29, 1.82) is 0 Å². The average Bonchev–Trinajstić information content (AvgIpc) is 2.54. The molecule has 0 atom stereocenters. The number of ether oxygens (including phenoxy) is 1. The zero-order chi connectivity index (χ0) is 14.0. The van der Waals surface area contributed by atoms with Crippen LogP contribution in [-0.2, 0) is 4.74 Å². The molecular weight excluding hydrogens is 252 g/mol. The topological polar surface area (TPSA) is 65.2 Å². The summed E-state index contributed by atoms with van der Waals surface area (Å²) in [5.41, 5.74) is 6.10. The van der Waals surface area contributed by atoms with Crippen LogP contribution < -0.4 is 5.73 Å². The summed E-state index contributed by atoms with van der Waals surface area (Å²) in [6.07, 6.45) is 4.82. The predicted octanol–water partition coefficient (Wildman–Crippen LogP) is 2.17. The number of nitrogens with zero attached hydrogens (tertiary/aromatic N) is 1. The molecular formula is C16H18N2O2. The molecule has 1 aliphatic heterocycles. The summed E-state index contributed by atoms with van der Waals surface area (Å²) >= 11 is 0. The molecule has 0 aliphatic carbocycles. The van der Waals surface area contributed by atoms with E-state index in [1.54, 1.807) is 12.4 Å². The second kappa shape index (κ2) is 5.31. The molecule has 0 spiro atoms. The number of aromatic nitrogens is 1. The van der Waals surface area contributed by atoms with E-state index in [0.29, 0.717) is 38.2 Å². The van der Waals surface area contributed by atoms with Crippen LogP contribution in [0.25, 0.3) is 10.8 Å². The van der Waals surface area contributed by atoms with Crippen LogP contribution in [0.3, 0.4) is 0 Å². The van der Waals surface area contributed by atoms with Crippen molar-refractivity contribution in [2.24, 2.45) is 11.1 Å². The van der Waals surface area contributed by atoms with Crippen LogP contribution >= 0.6 is 0 Å². The molecule has 104 valence electrons. The second-order valence-corrected chi connectivity index (χ2v) is 5.33. The van der Waals surface area contributed by atoms with Crippen LogP contribution in [0.2, 0.25) is 0 Å². The largest absolute Gasteiger partial charge is 0.381 e. The number of benzene rings is 1. The standard InChI is InChI=1S/C16H18N2O2/c17-11-16(5-7-20-8-6-16)15(19)14-10-18-9-12-3-1-2-4-13(12)14/h1-4,9-10H,5-8,11,17H2. The van der Waals surface area contributed by atoms with Gasteiger partial charge in [-0.1, -0.05) is 24.3 Å². The maximum Gasteiger partial charge on any atom is 0.172 e. The molecule has 2 heterocycles. The third-order valence-corrected chi connectivity index (χ3v) is 4.24. The normalized spacial score (nSPS) is 18.1. The summed E-state index contributed by atoms with van der Waals surface area (Å²) in [7, 11) is 0. The summed E-state index contributed by atoms with van der Waals surface area (Å²) in [5, 5.41) is 1.93. The molecule has 4 heteroatoms. The molecule has 0 saturated carbocycles. The van der Waals surface area contributed by atoms with Crippen molar-refractivity contribution in [1.82, 2.24) is 4.98 Å². The van der Waals surface area contributed by atoms with Crippen molar-refractivity contribution in [3.05, 3.63) is 42.2 Å². The number of ketones is 1. The minimum Gasteiger partial charge on any atom is -0.381 e. The molecule has 4 nitrogen and oxygen atoms in total. The van der Waals surface area contributed by atoms with E-state index in [4.69, 9.17) is 10.5 Å². The molecule has 1 aromatic heterocycles. The van der Waals surface area contributed by atoms with Crippen molar-refractivity contribution in [3.63, 3.8) is 0 Å². The van der Waals surface area contributed by atoms with Gasteiger partial charge in [-0.05, 0) is 18.2 Å². The maximum atomic E-state index is 13.0. The molecule has 1 saturated heterocycles. The van der Waals surface area contributed by atoms with Gasteiger partial charge >= 0.3 is 0 Å². The highest BCUT2D eigenvalue weighted by molar-refractivity contribution is 6.10. The van der Waals surface area contributed by atoms with Gasteiger partial charge < -0.3 is 10.5 Å². The van der Waals surface area contributed by atoms with Gasteiger partial charge in [0.15, 0.2) is 5.78 Å². The first-order valence-electron chi connectivity index (χ1n) is 6.92. The summed E-state index contributed by atoms with van der Waals surface area (Å²) < 4.78 is 5.38. The zero-order valence-corrected chi connectivity index (χ0v) is 11.3. The lowest BCUT2D eigenvalue weighted by Crippen LogP contribution is -2.43. The Hall–Kier alpha value is -1.78. The van der Waals surface area contributed by atoms with Crippen molar-refractivity contribution in [2.75, 3.05) is 19.8 Å². The van der Waals surface area contributed by atoms with Gasteiger partial charge in [-0.2, -0.15) is 0 Å². The van der Waals surface area contributed by atoms with Crippen LogP contribution in [0, 0.1) is 5.41 Å². The van der Waals surface area contributed by atoms with Crippen LogP contribution in [0.5, 0.6) is 0 Å². The Morgan fingerprint density at radius 1 is 1.25 bits per heavy atom. The molecule has 0 unspecified atom stereocenters. The fourth-order valence-electron chi connectivity index (χ4n) is 2.87. The highest BCUT2D eigenvalue weighted by Crippen LogP contribution is 2.34. The van der Waals surface area contributed by atoms with Crippen molar-refractivity contribution in [3.8, 4) is 0 Å². The predicted molar refractivity (Wildman–Crippen MR) is 77.6 cm³/mol. The molecule has 0 radical (unpaired) electrons. The van der Waals surface area contributed by atoms with Gasteiger partial charge in [0, 0.05) is 43.1 Å². The summed E-state index contributed by atoms with van der Waals surface area (Å²) in [5.74, 6) is 0.104. The van der Waals surface area contributed by atoms with Crippen LogP contribution in [0.15, 0.2) is 36.7 Å². The highest BCUT2D eigenvalue weighted by Gasteiger charge is 2.39. The fourth-order valence-corrected chi connectivity index (χ4v) is 2.87. The number of Topliss-reactive ketones (excluding diaryl/α,β-unsaturated/α-hetero) is 1. The first-order chi connectivity index (χ1) is 9.77. The number of carbonyl (C=O) groups is 1. The monoisotopic (exact) mass is 270 g/mol. The number of carbonyl (C=O) groups excluding carboxylic acids is 1. The zero-order valence-electron chi connectivity index (χ0n) is 11.3. The molecule has 3 rings (SSSR count). The molecule has 0 bridgehead atoms. The Bertz CT molecular complexity index is 628. The van der Waals surface area contributed by atoms with Crippen LogP contribution in [-0.4, -0.2) is 30.5 Å². The SMILES string of the molecule is NCC1(C(=O)c2cncc3ccccc23)CCOCC1. The van der Waals surface area contributed by atoms with Gasteiger partial charge in [0.05, 0.1) is 5.41 Å². The van der Waals surface area contributed by atoms with E-state index in [2.05, 4.69) is 4.98 Å². The first kappa shape index (κ1) is 13.2. The van der Waals surface area contributed by atoms with Gasteiger partial charge in [0.25, 0.3) is 0 Å². The molecule has 2 N–H and O–H groups in total. The molecule has 2 aromatic rings. The highest BCUT2D eigenvalue weighted by atomic mass is 16.5. The third-order valence-electron chi connectivity index (χ3n) is 4.24. The molecule has 1 aromatic carbocycles. The minimum atomic E-state index is -0.496. The Morgan fingerprint density at radius 2 is 2.00 bits per heavy atom. The number of nitrogens with two attached hydrogens (primary N) is 1. The molecule has 1 aliphatic rings. The number of pyridine rings is 1. The summed E-state index contributed by atoms with van der Waals surface area (Å²) in [6, 6.07) is 7.83. The second-order valence-electron chi connectivity index (χ2n) is 5.33. The number of hydrogen-bond donors (Lipinski definition) is 1. The van der Waals surface area contributed by atoms with E-state index in [-0.39, 0.29) is 5.78 Å². The average molecular weight is 270 g/mol. The van der Waals surface area contributed by atoms with E-state index in [9.17, 15) is 4.79 Å². The van der Waals surface area contributed by atoms with Gasteiger partial charge in [0.1, 0.15) is 0 Å². The number of fused-ring (bicyclic) bond motifs is 1. The lowest BCUT2D eigenvalue weighted by Gasteiger charge is -2.34. The van der Waals surface area contributed by atoms with Crippen LogP contribution in [0.4, 0.5) is 0 Å². The van der Waals surface area contributed by atoms with Gasteiger partial charge in [-0.3, -0.25) is 9.78 Å². The Labute approximate surface area is 117 Å². The van der Waals surface area contributed by atoms with E-state index < -0.39 is 5.41 Å². The van der Waals surface area contributed by atoms with Crippen LogP contribution in [0.1, 0.15) is 23.2 Å². The number of rotatable bonds is 3. The Morgan fingerprint density at radius 3 is 2.75 bits per heavy atom. The smallest absolute Gasteiger partial charge is 0.172 e. The quantitative estimate of drug-likeness (QED) is 0.868. The lowest BCUT2D eigenvalue weighted by molar-refractivity contribution is 0.0201. The molecule has 0 amide bonds. The fraction of sp³-hybridized carbons (Fsp3) is 0.375. The lowest BCUT2D eigenvalue weighted by atomic mass is 9.74. The van der Waals surface area contributed by atoms with Gasteiger partial charge in [-0.25, -0.2) is 0 Å². The van der Waals surface area contributed by atoms with E-state index in [0.717, 1.165) is 10.8 Å². The number of hydrogen-bond acceptors (Lipinski definition) is 4. The van der Waals surface area contributed by atoms with E-state index >= 15 is 0 Å². The van der Waals surface area contributed by atoms with Gasteiger partial charge in [0.2, 0.25) is 0 Å². The minimum absolute atomic E-state index is 0.104. The Kier molecular flexibility index (Phi) is 3.51. The Balaban J connectivity index is 2.08.